The van der Waals surface area contributed by atoms with Crippen molar-refractivity contribution in [2.75, 3.05) is 5.32 Å². The van der Waals surface area contributed by atoms with Crippen LogP contribution in [0.25, 0.3) is 4.85 Å². The normalized spacial score (nSPS) is 21.2. The fourth-order valence-corrected chi connectivity index (χ4v) is 3.97. The van der Waals surface area contributed by atoms with Crippen LogP contribution in [0.2, 0.25) is 0 Å². The minimum atomic E-state index is -0.507. The Balaban J connectivity index is 2.06. The highest BCUT2D eigenvalue weighted by molar-refractivity contribution is 6.05. The number of fused-ring (bicyclic) bond motifs is 1. The molecule has 0 unspecified atom stereocenters. The Kier molecular flexibility index (Phi) is 3.52. The lowest BCUT2D eigenvalue weighted by molar-refractivity contribution is 0.102. The number of rotatable bonds is 2. The predicted octanol–water partition coefficient (Wildman–Crippen LogP) is 3.84. The molecule has 0 aliphatic heterocycles. The van der Waals surface area contributed by atoms with E-state index in [2.05, 4.69) is 35.2 Å². The molecule has 0 radical (unpaired) electrons. The van der Waals surface area contributed by atoms with Gasteiger partial charge in [-0.25, -0.2) is 0 Å². The molecule has 1 heterocycles. The van der Waals surface area contributed by atoms with Crippen LogP contribution in [0.4, 0.5) is 5.69 Å². The van der Waals surface area contributed by atoms with Crippen molar-refractivity contribution >= 4 is 11.6 Å². The lowest BCUT2D eigenvalue weighted by Crippen LogP contribution is -2.20. The number of nitrogens with zero attached hydrogens (tertiary/aromatic N) is 3. The van der Waals surface area contributed by atoms with E-state index in [1.165, 1.54) is 5.56 Å². The van der Waals surface area contributed by atoms with E-state index in [1.807, 2.05) is 26.0 Å². The van der Waals surface area contributed by atoms with Gasteiger partial charge < -0.3 is 5.32 Å². The molecular formula is C19H23N4O+. The van der Waals surface area contributed by atoms with Crippen molar-refractivity contribution in [3.05, 3.63) is 51.6 Å². The van der Waals surface area contributed by atoms with Crippen LogP contribution in [0, 0.1) is 13.5 Å². The zero-order valence-electron chi connectivity index (χ0n) is 14.8. The molecule has 24 heavy (non-hydrogen) atoms. The number of aryl methyl sites for hydroxylation is 2. The van der Waals surface area contributed by atoms with Crippen molar-refractivity contribution in [2.24, 2.45) is 7.05 Å². The molecule has 1 aliphatic carbocycles. The number of nitrogens with one attached hydrogen (secondary N) is 1. The Morgan fingerprint density at radius 1 is 1.38 bits per heavy atom. The van der Waals surface area contributed by atoms with Crippen LogP contribution < -0.4 is 5.32 Å². The Morgan fingerprint density at radius 2 is 2.08 bits per heavy atom. The maximum Gasteiger partial charge on any atom is 0.306 e. The summed E-state index contributed by atoms with van der Waals surface area (Å²) in [6.45, 7) is 13.9. The van der Waals surface area contributed by atoms with Crippen molar-refractivity contribution in [1.82, 2.24) is 9.78 Å². The summed E-state index contributed by atoms with van der Waals surface area (Å²) >= 11 is 0. The van der Waals surface area contributed by atoms with Crippen LogP contribution in [-0.4, -0.2) is 15.7 Å². The second-order valence-corrected chi connectivity index (χ2v) is 7.45. The van der Waals surface area contributed by atoms with Gasteiger partial charge in [0.25, 0.3) is 12.5 Å². The molecule has 5 nitrogen and oxygen atoms in total. The summed E-state index contributed by atoms with van der Waals surface area (Å²) in [5.41, 5.74) is 3.67. The predicted molar refractivity (Wildman–Crippen MR) is 95.6 cm³/mol. The molecule has 2 aromatic rings. The van der Waals surface area contributed by atoms with E-state index >= 15 is 0 Å². The van der Waals surface area contributed by atoms with Crippen LogP contribution in [0.3, 0.4) is 0 Å². The fraction of sp³-hybridized carbons (Fsp3) is 0.421. The van der Waals surface area contributed by atoms with Gasteiger partial charge in [0.1, 0.15) is 0 Å². The largest absolute Gasteiger partial charge is 0.321 e. The smallest absolute Gasteiger partial charge is 0.306 e. The van der Waals surface area contributed by atoms with Gasteiger partial charge in [-0.15, -0.1) is 0 Å². The molecule has 1 aromatic heterocycles. The molecule has 0 saturated heterocycles. The van der Waals surface area contributed by atoms with Crippen molar-refractivity contribution in [1.29, 1.82) is 0 Å². The number of carbonyl (C=O) groups is 1. The number of amides is 1. The first-order valence-corrected chi connectivity index (χ1v) is 8.05. The van der Waals surface area contributed by atoms with Gasteiger partial charge >= 0.3 is 5.54 Å². The minimum absolute atomic E-state index is 0.0437. The Bertz CT molecular complexity index is 872. The highest BCUT2D eigenvalue weighted by Crippen LogP contribution is 2.52. The van der Waals surface area contributed by atoms with Crippen LogP contribution in [0.15, 0.2) is 24.4 Å². The molecule has 0 saturated carbocycles. The Hall–Kier alpha value is -2.61. The molecule has 1 atom stereocenters. The van der Waals surface area contributed by atoms with E-state index in [-0.39, 0.29) is 11.3 Å². The van der Waals surface area contributed by atoms with E-state index in [4.69, 9.17) is 6.57 Å². The van der Waals surface area contributed by atoms with Crippen LogP contribution in [0.1, 0.15) is 54.4 Å². The maximum atomic E-state index is 12.7. The summed E-state index contributed by atoms with van der Waals surface area (Å²) in [4.78, 5) is 16.8. The standard InChI is InChI=1S/C19H22N4O/c1-12-13(10-23(6)22-12)17(24)21-15-9-7-8-14-16(15)19(4,20-5)11-18(14,2)3/h5,7-10H,11H2,1-4,6H3/p+1/t19-/m0/s1. The third kappa shape index (κ3) is 2.39. The first-order valence-electron chi connectivity index (χ1n) is 8.05. The number of aromatic nitrogens is 2. The summed E-state index contributed by atoms with van der Waals surface area (Å²) in [6.07, 6.45) is 2.54. The van der Waals surface area contributed by atoms with Gasteiger partial charge in [0.2, 0.25) is 0 Å². The molecule has 1 aliphatic rings. The summed E-state index contributed by atoms with van der Waals surface area (Å²) in [7, 11) is 1.80. The summed E-state index contributed by atoms with van der Waals surface area (Å²) < 4.78 is 1.64. The fourth-order valence-electron chi connectivity index (χ4n) is 3.97. The molecule has 3 rings (SSSR count). The molecule has 0 bridgehead atoms. The molecule has 1 amide bonds. The van der Waals surface area contributed by atoms with Crippen molar-refractivity contribution in [3.63, 3.8) is 0 Å². The van der Waals surface area contributed by atoms with E-state index in [9.17, 15) is 4.79 Å². The van der Waals surface area contributed by atoms with Gasteiger partial charge in [0, 0.05) is 26.6 Å². The Labute approximate surface area is 142 Å². The van der Waals surface area contributed by atoms with Crippen molar-refractivity contribution in [3.8, 4) is 6.57 Å². The summed E-state index contributed by atoms with van der Waals surface area (Å²) in [5.74, 6) is -0.168. The van der Waals surface area contributed by atoms with Gasteiger partial charge in [0.15, 0.2) is 0 Å². The molecule has 1 N–H and O–H groups in total. The second-order valence-electron chi connectivity index (χ2n) is 7.45. The lowest BCUT2D eigenvalue weighted by Gasteiger charge is -2.17. The SMILES string of the molecule is C#[N+][C@@]1(C)CC(C)(C)c2cccc(NC(=O)c3cn(C)nc3C)c21. The maximum absolute atomic E-state index is 12.7. The highest BCUT2D eigenvalue weighted by atomic mass is 16.1. The third-order valence-electron chi connectivity index (χ3n) is 4.91. The number of carbonyl (C=O) groups excluding carboxylic acids is 1. The minimum Gasteiger partial charge on any atom is -0.321 e. The average Bonchev–Trinajstić information content (AvgIpc) is 2.95. The molecule has 5 heteroatoms. The Morgan fingerprint density at radius 3 is 2.67 bits per heavy atom. The van der Waals surface area contributed by atoms with Crippen LogP contribution in [-0.2, 0) is 18.0 Å². The molecular weight excluding hydrogens is 300 g/mol. The number of hydrogen-bond donors (Lipinski definition) is 1. The van der Waals surface area contributed by atoms with E-state index < -0.39 is 5.54 Å². The van der Waals surface area contributed by atoms with Crippen LogP contribution >= 0.6 is 0 Å². The molecule has 0 spiro atoms. The quantitative estimate of drug-likeness (QED) is 0.913. The average molecular weight is 323 g/mol. The van der Waals surface area contributed by atoms with Crippen molar-refractivity contribution < 1.29 is 4.79 Å². The molecule has 0 fully saturated rings. The zero-order chi connectivity index (χ0) is 17.7. The lowest BCUT2D eigenvalue weighted by atomic mass is 9.85. The van der Waals surface area contributed by atoms with E-state index in [1.54, 1.807) is 17.9 Å². The van der Waals surface area contributed by atoms with Gasteiger partial charge in [-0.05, 0) is 24.0 Å². The summed E-state index contributed by atoms with van der Waals surface area (Å²) in [5, 5.41) is 7.26. The molecule has 124 valence electrons. The van der Waals surface area contributed by atoms with Crippen molar-refractivity contribution in [2.45, 2.75) is 45.1 Å². The number of benzene rings is 1. The zero-order valence-corrected chi connectivity index (χ0v) is 14.8. The van der Waals surface area contributed by atoms with Crippen LogP contribution in [0.5, 0.6) is 0 Å². The van der Waals surface area contributed by atoms with E-state index in [0.29, 0.717) is 11.3 Å². The van der Waals surface area contributed by atoms with E-state index in [0.717, 1.165) is 17.7 Å². The van der Waals surface area contributed by atoms with Gasteiger partial charge in [0.05, 0.1) is 22.5 Å². The first-order chi connectivity index (χ1) is 11.2. The third-order valence-corrected chi connectivity index (χ3v) is 4.91. The number of anilines is 1. The van der Waals surface area contributed by atoms with Gasteiger partial charge in [-0.2, -0.15) is 5.10 Å². The molecule has 1 aromatic carbocycles. The van der Waals surface area contributed by atoms with Gasteiger partial charge in [-0.3, -0.25) is 9.48 Å². The van der Waals surface area contributed by atoms with Gasteiger partial charge in [-0.1, -0.05) is 30.8 Å². The highest BCUT2D eigenvalue weighted by Gasteiger charge is 2.54. The second kappa shape index (κ2) is 5.20. The summed E-state index contributed by atoms with van der Waals surface area (Å²) in [6, 6.07) is 5.97. The first kappa shape index (κ1) is 16.3. The topological polar surface area (TPSA) is 51.3 Å². The monoisotopic (exact) mass is 323 g/mol. The number of hydrogen-bond acceptors (Lipinski definition) is 2.